The van der Waals surface area contributed by atoms with Crippen LogP contribution in [0.4, 0.5) is 0 Å². The summed E-state index contributed by atoms with van der Waals surface area (Å²) in [7, 11) is 0. The smallest absolute Gasteiger partial charge is 0.220 e. The third kappa shape index (κ3) is 5.64. The van der Waals surface area contributed by atoms with Crippen molar-refractivity contribution >= 4 is 5.91 Å². The largest absolute Gasteiger partial charge is 0.352 e. The maximum atomic E-state index is 11.4. The lowest BCUT2D eigenvalue weighted by molar-refractivity contribution is -0.122. The van der Waals surface area contributed by atoms with Crippen LogP contribution in [0.25, 0.3) is 0 Å². The Morgan fingerprint density at radius 3 is 2.15 bits per heavy atom. The average molecular weight is 186 g/mol. The number of nitrogens with one attached hydrogen (secondary N) is 1. The lowest BCUT2D eigenvalue weighted by Gasteiger charge is -2.20. The van der Waals surface area contributed by atoms with Gasteiger partial charge in [-0.25, -0.2) is 0 Å². The van der Waals surface area contributed by atoms with Crippen LogP contribution in [0.5, 0.6) is 0 Å². The van der Waals surface area contributed by atoms with E-state index < -0.39 is 0 Å². The molecule has 78 valence electrons. The van der Waals surface area contributed by atoms with Gasteiger partial charge in [0.25, 0.3) is 0 Å². The van der Waals surface area contributed by atoms with Crippen molar-refractivity contribution in [3.8, 4) is 0 Å². The van der Waals surface area contributed by atoms with Crippen molar-refractivity contribution in [1.29, 1.82) is 0 Å². The van der Waals surface area contributed by atoms with Crippen LogP contribution in [0.15, 0.2) is 0 Å². The van der Waals surface area contributed by atoms with Gasteiger partial charge in [-0.2, -0.15) is 0 Å². The first kappa shape index (κ1) is 12.4. The molecule has 1 atom stereocenters. The highest BCUT2D eigenvalue weighted by molar-refractivity contribution is 5.76. The number of nitrogens with two attached hydrogens (primary N) is 1. The molecule has 0 aromatic heterocycles. The molecule has 0 saturated carbocycles. The number of hydrogen-bond acceptors (Lipinski definition) is 2. The standard InChI is InChI=1S/C10H22N2O/c1-7(2)5-10(13)12-9(6-11)8(3)4/h7-9H,5-6,11H2,1-4H3,(H,12,13). The molecule has 0 fully saturated rings. The van der Waals surface area contributed by atoms with Crippen LogP contribution in [-0.4, -0.2) is 18.5 Å². The summed E-state index contributed by atoms with van der Waals surface area (Å²) in [5.74, 6) is 0.922. The predicted molar refractivity (Wildman–Crippen MR) is 55.3 cm³/mol. The summed E-state index contributed by atoms with van der Waals surface area (Å²) in [6.45, 7) is 8.71. The maximum Gasteiger partial charge on any atom is 0.220 e. The Labute approximate surface area is 81.1 Å². The fourth-order valence-electron chi connectivity index (χ4n) is 1.13. The van der Waals surface area contributed by atoms with Gasteiger partial charge < -0.3 is 11.1 Å². The van der Waals surface area contributed by atoms with Crippen molar-refractivity contribution in [3.05, 3.63) is 0 Å². The van der Waals surface area contributed by atoms with Crippen molar-refractivity contribution in [1.82, 2.24) is 5.32 Å². The van der Waals surface area contributed by atoms with Gasteiger partial charge in [0.1, 0.15) is 0 Å². The minimum absolute atomic E-state index is 0.110. The summed E-state index contributed by atoms with van der Waals surface area (Å²) >= 11 is 0. The van der Waals surface area contributed by atoms with E-state index in [-0.39, 0.29) is 11.9 Å². The molecule has 0 radical (unpaired) electrons. The minimum Gasteiger partial charge on any atom is -0.352 e. The van der Waals surface area contributed by atoms with E-state index in [2.05, 4.69) is 19.2 Å². The van der Waals surface area contributed by atoms with Crippen LogP contribution in [-0.2, 0) is 4.79 Å². The molecule has 13 heavy (non-hydrogen) atoms. The first-order valence-corrected chi connectivity index (χ1v) is 4.96. The molecule has 1 unspecified atom stereocenters. The van der Waals surface area contributed by atoms with E-state index >= 15 is 0 Å². The van der Waals surface area contributed by atoms with Crippen LogP contribution in [0, 0.1) is 11.8 Å². The third-order valence-corrected chi connectivity index (χ3v) is 2.00. The molecule has 1 amide bonds. The van der Waals surface area contributed by atoms with Crippen molar-refractivity contribution in [2.24, 2.45) is 17.6 Å². The fourth-order valence-corrected chi connectivity index (χ4v) is 1.13. The third-order valence-electron chi connectivity index (χ3n) is 2.00. The number of carbonyl (C=O) groups excluding carboxylic acids is 1. The van der Waals surface area contributed by atoms with Gasteiger partial charge in [-0.1, -0.05) is 27.7 Å². The second-order valence-electron chi connectivity index (χ2n) is 4.25. The van der Waals surface area contributed by atoms with E-state index in [1.54, 1.807) is 0 Å². The van der Waals surface area contributed by atoms with Crippen molar-refractivity contribution in [3.63, 3.8) is 0 Å². The van der Waals surface area contributed by atoms with E-state index in [4.69, 9.17) is 5.73 Å². The molecule has 0 aromatic rings. The summed E-state index contributed by atoms with van der Waals surface area (Å²) in [5.41, 5.74) is 5.54. The molecule has 0 heterocycles. The van der Waals surface area contributed by atoms with Gasteiger partial charge in [-0.15, -0.1) is 0 Å². The molecule has 0 rings (SSSR count). The Balaban J connectivity index is 3.87. The van der Waals surface area contributed by atoms with Crippen LogP contribution in [0.3, 0.4) is 0 Å². The molecule has 3 nitrogen and oxygen atoms in total. The molecule has 0 aromatic carbocycles. The first-order chi connectivity index (χ1) is 5.97. The van der Waals surface area contributed by atoms with Gasteiger partial charge in [-0.3, -0.25) is 4.79 Å². The number of rotatable bonds is 5. The Kier molecular flexibility index (Phi) is 5.71. The molecule has 0 aliphatic rings. The van der Waals surface area contributed by atoms with E-state index in [9.17, 15) is 4.79 Å². The van der Waals surface area contributed by atoms with Gasteiger partial charge >= 0.3 is 0 Å². The zero-order valence-electron chi connectivity index (χ0n) is 9.13. The second kappa shape index (κ2) is 5.97. The molecule has 3 heteroatoms. The molecule has 0 aliphatic carbocycles. The highest BCUT2D eigenvalue weighted by Gasteiger charge is 2.14. The van der Waals surface area contributed by atoms with E-state index in [1.807, 2.05) is 13.8 Å². The monoisotopic (exact) mass is 186 g/mol. The van der Waals surface area contributed by atoms with Gasteiger partial charge in [0.2, 0.25) is 5.91 Å². The average Bonchev–Trinajstić information content (AvgIpc) is 1.98. The molecule has 0 spiro atoms. The van der Waals surface area contributed by atoms with E-state index in [0.717, 1.165) is 0 Å². The van der Waals surface area contributed by atoms with Crippen molar-refractivity contribution in [2.45, 2.75) is 40.2 Å². The first-order valence-electron chi connectivity index (χ1n) is 4.96. The van der Waals surface area contributed by atoms with Crippen molar-refractivity contribution < 1.29 is 4.79 Å². The Bertz CT molecular complexity index is 155. The van der Waals surface area contributed by atoms with Crippen LogP contribution < -0.4 is 11.1 Å². The quantitative estimate of drug-likeness (QED) is 0.676. The second-order valence-corrected chi connectivity index (χ2v) is 4.25. The number of hydrogen-bond donors (Lipinski definition) is 2. The highest BCUT2D eigenvalue weighted by Crippen LogP contribution is 2.03. The maximum absolute atomic E-state index is 11.4. The molecule has 0 saturated heterocycles. The normalized spacial score (nSPS) is 13.5. The summed E-state index contributed by atoms with van der Waals surface area (Å²) in [6.07, 6.45) is 0.587. The van der Waals surface area contributed by atoms with Gasteiger partial charge in [0.15, 0.2) is 0 Å². The molecular weight excluding hydrogens is 164 g/mol. The van der Waals surface area contributed by atoms with Crippen LogP contribution in [0.2, 0.25) is 0 Å². The zero-order valence-corrected chi connectivity index (χ0v) is 9.13. The fraction of sp³-hybridized carbons (Fsp3) is 0.900. The van der Waals surface area contributed by atoms with Crippen LogP contribution >= 0.6 is 0 Å². The Morgan fingerprint density at radius 1 is 1.31 bits per heavy atom. The lowest BCUT2D eigenvalue weighted by atomic mass is 10.0. The summed E-state index contributed by atoms with van der Waals surface area (Å²) < 4.78 is 0. The lowest BCUT2D eigenvalue weighted by Crippen LogP contribution is -2.43. The molecule has 3 N–H and O–H groups in total. The summed E-state index contributed by atoms with van der Waals surface area (Å²) in [5, 5.41) is 2.93. The highest BCUT2D eigenvalue weighted by atomic mass is 16.1. The predicted octanol–water partition coefficient (Wildman–Crippen LogP) is 1.13. The number of carbonyl (C=O) groups is 1. The molecule has 0 aliphatic heterocycles. The molecule has 0 bridgehead atoms. The SMILES string of the molecule is CC(C)CC(=O)NC(CN)C(C)C. The van der Waals surface area contributed by atoms with Gasteiger partial charge in [0.05, 0.1) is 0 Å². The van der Waals surface area contributed by atoms with E-state index in [1.165, 1.54) is 0 Å². The summed E-state index contributed by atoms with van der Waals surface area (Å²) in [4.78, 5) is 11.4. The zero-order chi connectivity index (χ0) is 10.4. The van der Waals surface area contributed by atoms with Crippen LogP contribution in [0.1, 0.15) is 34.1 Å². The van der Waals surface area contributed by atoms with Gasteiger partial charge in [-0.05, 0) is 11.8 Å². The molecular formula is C10H22N2O. The Hall–Kier alpha value is -0.570. The topological polar surface area (TPSA) is 55.1 Å². The minimum atomic E-state index is 0.110. The summed E-state index contributed by atoms with van der Waals surface area (Å²) in [6, 6.07) is 0.117. The number of amides is 1. The van der Waals surface area contributed by atoms with Crippen molar-refractivity contribution in [2.75, 3.05) is 6.54 Å². The van der Waals surface area contributed by atoms with E-state index in [0.29, 0.717) is 24.8 Å². The van der Waals surface area contributed by atoms with Gasteiger partial charge in [0, 0.05) is 19.0 Å². The Morgan fingerprint density at radius 2 is 1.85 bits per heavy atom.